The molecule has 0 radical (unpaired) electrons. The Kier molecular flexibility index (Phi) is 4.75. The van der Waals surface area contributed by atoms with Crippen molar-refractivity contribution in [2.24, 2.45) is 4.99 Å². The zero-order valence-electron chi connectivity index (χ0n) is 6.74. The van der Waals surface area contributed by atoms with E-state index >= 15 is 0 Å². The van der Waals surface area contributed by atoms with Crippen molar-refractivity contribution in [1.29, 1.82) is 0 Å². The van der Waals surface area contributed by atoms with Gasteiger partial charge in [0.05, 0.1) is 0 Å². The normalized spacial score (nSPS) is 18.9. The first-order chi connectivity index (χ1) is 5.36. The first kappa shape index (κ1) is 9.77. The van der Waals surface area contributed by atoms with Gasteiger partial charge in [0.1, 0.15) is 11.0 Å². The highest BCUT2D eigenvalue weighted by molar-refractivity contribution is 8.40. The number of rotatable bonds is 3. The topological polar surface area (TPSA) is 15.6 Å². The number of aliphatic imine (C=N–C) groups is 1. The third-order valence-corrected chi connectivity index (χ3v) is 4.08. The van der Waals surface area contributed by atoms with Gasteiger partial charge >= 0.3 is 0 Å². The molecule has 0 aromatic rings. The lowest BCUT2D eigenvalue weighted by atomic mass is 11.0. The predicted molar refractivity (Wildman–Crippen MR) is 58.0 cm³/mol. The van der Waals surface area contributed by atoms with Gasteiger partial charge in [-0.1, -0.05) is 37.6 Å². The molecular formula is C6H12N2S3. The fourth-order valence-corrected chi connectivity index (χ4v) is 3.61. The highest BCUT2D eigenvalue weighted by atomic mass is 32.2. The van der Waals surface area contributed by atoms with Gasteiger partial charge in [-0.25, -0.2) is 0 Å². The molecule has 0 saturated heterocycles. The summed E-state index contributed by atoms with van der Waals surface area (Å²) in [6.07, 6.45) is 0. The van der Waals surface area contributed by atoms with Crippen molar-refractivity contribution in [2.45, 2.75) is 13.8 Å². The Morgan fingerprint density at radius 1 is 1.55 bits per heavy atom. The van der Waals surface area contributed by atoms with Gasteiger partial charge in [-0.05, 0) is 17.7 Å². The maximum atomic E-state index is 4.37. The van der Waals surface area contributed by atoms with E-state index in [1.165, 1.54) is 4.38 Å². The second-order valence-electron chi connectivity index (χ2n) is 1.84. The fraction of sp³-hybridized carbons (Fsp3) is 0.833. The summed E-state index contributed by atoms with van der Waals surface area (Å²) in [7, 11) is 0. The van der Waals surface area contributed by atoms with Crippen molar-refractivity contribution in [3.63, 3.8) is 0 Å². The van der Waals surface area contributed by atoms with Crippen LogP contribution in [0.2, 0.25) is 0 Å². The molecule has 0 aromatic carbocycles. The Balaban J connectivity index is 2.19. The highest BCUT2D eigenvalue weighted by Gasteiger charge is 2.15. The van der Waals surface area contributed by atoms with Gasteiger partial charge in [0.2, 0.25) is 0 Å². The Labute approximate surface area is 80.9 Å². The van der Waals surface area contributed by atoms with E-state index in [1.807, 2.05) is 23.7 Å². The molecular weight excluding hydrogens is 196 g/mol. The smallest absolute Gasteiger partial charge is 0.142 e. The third kappa shape index (κ3) is 3.27. The summed E-state index contributed by atoms with van der Waals surface area (Å²) >= 11 is 5.43. The van der Waals surface area contributed by atoms with Crippen molar-refractivity contribution < 1.29 is 0 Å². The molecule has 64 valence electrons. The molecule has 0 aliphatic carbocycles. The lowest BCUT2D eigenvalue weighted by molar-refractivity contribution is 0.785. The van der Waals surface area contributed by atoms with Gasteiger partial charge in [0.25, 0.3) is 0 Å². The van der Waals surface area contributed by atoms with Crippen molar-refractivity contribution in [3.05, 3.63) is 0 Å². The van der Waals surface area contributed by atoms with E-state index < -0.39 is 0 Å². The summed E-state index contributed by atoms with van der Waals surface area (Å²) in [6, 6.07) is 0. The maximum absolute atomic E-state index is 4.37. The van der Waals surface area contributed by atoms with Gasteiger partial charge in [-0.2, -0.15) is 3.71 Å². The Morgan fingerprint density at radius 3 is 3.00 bits per heavy atom. The first-order valence-electron chi connectivity index (χ1n) is 3.62. The quantitative estimate of drug-likeness (QED) is 0.662. The van der Waals surface area contributed by atoms with E-state index in [9.17, 15) is 0 Å². The zero-order chi connectivity index (χ0) is 8.10. The van der Waals surface area contributed by atoms with Crippen LogP contribution in [0.4, 0.5) is 0 Å². The van der Waals surface area contributed by atoms with E-state index in [4.69, 9.17) is 0 Å². The van der Waals surface area contributed by atoms with Crippen LogP contribution in [0.3, 0.4) is 0 Å². The maximum Gasteiger partial charge on any atom is 0.142 e. The largest absolute Gasteiger partial charge is 0.253 e. The minimum atomic E-state index is 0.853. The monoisotopic (exact) mass is 208 g/mol. The zero-order valence-corrected chi connectivity index (χ0v) is 9.19. The second-order valence-corrected chi connectivity index (χ2v) is 5.87. The molecule has 0 amide bonds. The van der Waals surface area contributed by atoms with Gasteiger partial charge in [0.15, 0.2) is 0 Å². The summed E-state index contributed by atoms with van der Waals surface area (Å²) < 4.78 is 3.44. The standard InChI is InChI=1S/C6H12N2S3/c1-3-9-6-7-5-8(11-6)10-4-2/h3-5H2,1-2H3. The molecule has 0 N–H and O–H groups in total. The third-order valence-electron chi connectivity index (χ3n) is 1.04. The molecule has 0 fully saturated rings. The SMILES string of the molecule is CCSC1=NCN(SCC)S1. The molecule has 1 aliphatic rings. The molecule has 0 atom stereocenters. The first-order valence-corrected chi connectivity index (χ1v) is 6.32. The lowest BCUT2D eigenvalue weighted by Crippen LogP contribution is -2.00. The van der Waals surface area contributed by atoms with Crippen molar-refractivity contribution >= 4 is 40.0 Å². The Hall–Kier alpha value is 0.680. The minimum Gasteiger partial charge on any atom is -0.253 e. The molecule has 1 heterocycles. The van der Waals surface area contributed by atoms with Crippen LogP contribution in [-0.2, 0) is 0 Å². The molecule has 5 heteroatoms. The van der Waals surface area contributed by atoms with Gasteiger partial charge < -0.3 is 0 Å². The van der Waals surface area contributed by atoms with Crippen LogP contribution in [0.25, 0.3) is 0 Å². The Bertz CT molecular complexity index is 149. The summed E-state index contributed by atoms with van der Waals surface area (Å²) in [5.41, 5.74) is 0. The average molecular weight is 208 g/mol. The summed E-state index contributed by atoms with van der Waals surface area (Å²) in [5, 5.41) is 0. The van der Waals surface area contributed by atoms with E-state index in [-0.39, 0.29) is 0 Å². The lowest BCUT2D eigenvalue weighted by Gasteiger charge is -2.08. The molecule has 0 bridgehead atoms. The van der Waals surface area contributed by atoms with E-state index in [1.54, 1.807) is 11.9 Å². The molecule has 1 aliphatic heterocycles. The van der Waals surface area contributed by atoms with E-state index in [0.717, 1.165) is 18.2 Å². The number of thioether (sulfide) groups is 1. The van der Waals surface area contributed by atoms with Crippen LogP contribution in [0.15, 0.2) is 4.99 Å². The molecule has 0 unspecified atom stereocenters. The number of nitrogens with zero attached hydrogens (tertiary/aromatic N) is 2. The molecule has 2 nitrogen and oxygen atoms in total. The van der Waals surface area contributed by atoms with Crippen LogP contribution in [0.5, 0.6) is 0 Å². The minimum absolute atomic E-state index is 0.853. The van der Waals surface area contributed by atoms with Crippen LogP contribution < -0.4 is 0 Å². The molecule has 1 rings (SSSR count). The summed E-state index contributed by atoms with van der Waals surface area (Å²) in [6.45, 7) is 5.17. The molecule has 0 spiro atoms. The van der Waals surface area contributed by atoms with Crippen LogP contribution in [0.1, 0.15) is 13.8 Å². The second kappa shape index (κ2) is 5.35. The highest BCUT2D eigenvalue weighted by Crippen LogP contribution is 2.32. The van der Waals surface area contributed by atoms with Crippen molar-refractivity contribution in [1.82, 2.24) is 3.71 Å². The predicted octanol–water partition coefficient (Wildman–Crippen LogP) is 2.68. The number of hydrogen-bond donors (Lipinski definition) is 0. The van der Waals surface area contributed by atoms with Gasteiger partial charge in [-0.3, -0.25) is 4.99 Å². The fourth-order valence-electron chi connectivity index (χ4n) is 0.667. The van der Waals surface area contributed by atoms with E-state index in [2.05, 4.69) is 22.6 Å². The Morgan fingerprint density at radius 2 is 2.36 bits per heavy atom. The van der Waals surface area contributed by atoms with E-state index in [0.29, 0.717) is 0 Å². The van der Waals surface area contributed by atoms with Crippen LogP contribution in [0, 0.1) is 0 Å². The average Bonchev–Trinajstić information content (AvgIpc) is 2.38. The molecule has 11 heavy (non-hydrogen) atoms. The van der Waals surface area contributed by atoms with Crippen molar-refractivity contribution in [2.75, 3.05) is 18.2 Å². The van der Waals surface area contributed by atoms with Gasteiger partial charge in [-0.15, -0.1) is 0 Å². The van der Waals surface area contributed by atoms with Crippen molar-refractivity contribution in [3.8, 4) is 0 Å². The van der Waals surface area contributed by atoms with Crippen LogP contribution >= 0.6 is 35.7 Å². The summed E-state index contributed by atoms with van der Waals surface area (Å²) in [5.74, 6) is 2.25. The summed E-state index contributed by atoms with van der Waals surface area (Å²) in [4.78, 5) is 4.37. The molecule has 0 saturated carbocycles. The van der Waals surface area contributed by atoms with Crippen LogP contribution in [-0.4, -0.2) is 26.3 Å². The number of hydrogen-bond acceptors (Lipinski definition) is 5. The molecule has 0 aromatic heterocycles. The van der Waals surface area contributed by atoms with Gasteiger partial charge in [0, 0.05) is 5.75 Å².